The van der Waals surface area contributed by atoms with Crippen LogP contribution in [0.2, 0.25) is 0 Å². The molecule has 1 amide bonds. The molecule has 44 heavy (non-hydrogen) atoms. The minimum Gasteiger partial charge on any atom is -0.394 e. The highest BCUT2D eigenvalue weighted by atomic mass is 16.7. The quantitative estimate of drug-likeness (QED) is 0.0935. The average Bonchev–Trinajstić information content (AvgIpc) is 2.97. The van der Waals surface area contributed by atoms with Gasteiger partial charge in [-0.2, -0.15) is 0 Å². The summed E-state index contributed by atoms with van der Waals surface area (Å²) in [5.74, 6) is -3.03. The summed E-state index contributed by atoms with van der Waals surface area (Å²) < 4.78 is 27.6. The molecule has 0 radical (unpaired) electrons. The Morgan fingerprint density at radius 1 is 0.955 bits per heavy atom. The van der Waals surface area contributed by atoms with Gasteiger partial charge in [0, 0.05) is 26.4 Å². The van der Waals surface area contributed by atoms with Gasteiger partial charge in [-0.25, -0.2) is 0 Å². The van der Waals surface area contributed by atoms with Gasteiger partial charge in [0.15, 0.2) is 18.4 Å². The van der Waals surface area contributed by atoms with Crippen LogP contribution in [0.25, 0.3) is 0 Å². The summed E-state index contributed by atoms with van der Waals surface area (Å²) in [6, 6.07) is -1.33. The van der Waals surface area contributed by atoms with Crippen molar-refractivity contribution in [1.29, 1.82) is 0 Å². The van der Waals surface area contributed by atoms with Gasteiger partial charge in [0.05, 0.1) is 31.5 Å². The molecule has 0 spiro atoms. The molecule has 0 aromatic heterocycles. The van der Waals surface area contributed by atoms with Crippen LogP contribution in [0, 0.1) is 0 Å². The van der Waals surface area contributed by atoms with Gasteiger partial charge in [-0.15, -0.1) is 0 Å². The predicted molar refractivity (Wildman–Crippen MR) is 139 cm³/mol. The van der Waals surface area contributed by atoms with Gasteiger partial charge in [0.1, 0.15) is 67.1 Å². The number of ether oxygens (including phenoxy) is 5. The van der Waals surface area contributed by atoms with Crippen LogP contribution >= 0.6 is 0 Å². The molecule has 0 aliphatic carbocycles. The highest BCUT2D eigenvalue weighted by Crippen LogP contribution is 2.37. The molecule has 3 heterocycles. The van der Waals surface area contributed by atoms with Gasteiger partial charge in [0.2, 0.25) is 5.91 Å². The number of hydrogen-bond acceptors (Lipinski definition) is 18. The van der Waals surface area contributed by atoms with Crippen molar-refractivity contribution in [2.45, 2.75) is 130 Å². The minimum absolute atomic E-state index is 0.0737. The molecule has 17 atom stereocenters. The van der Waals surface area contributed by atoms with Crippen LogP contribution in [0.3, 0.4) is 0 Å². The maximum atomic E-state index is 11.7. The van der Waals surface area contributed by atoms with E-state index in [0.717, 1.165) is 6.92 Å². The van der Waals surface area contributed by atoms with E-state index in [0.29, 0.717) is 0 Å². The fourth-order valence-electron chi connectivity index (χ4n) is 5.68. The third-order valence-electron chi connectivity index (χ3n) is 7.94. The number of hydrogen-bond donors (Lipinski definition) is 13. The number of carbonyl (C=O) groups is 1. The van der Waals surface area contributed by atoms with E-state index in [4.69, 9.17) is 23.7 Å². The maximum absolute atomic E-state index is 11.7. The first-order valence-electron chi connectivity index (χ1n) is 14.2. The summed E-state index contributed by atoms with van der Waals surface area (Å²) >= 11 is 0. The number of nitrogens with one attached hydrogen (secondary N) is 1. The Bertz CT molecular complexity index is 916. The number of amides is 1. The molecule has 0 aromatic carbocycles. The van der Waals surface area contributed by atoms with Gasteiger partial charge in [0.25, 0.3) is 0 Å². The summed E-state index contributed by atoms with van der Waals surface area (Å²) in [6.45, 7) is 0.841. The second-order valence-electron chi connectivity index (χ2n) is 11.2. The van der Waals surface area contributed by atoms with Crippen LogP contribution in [-0.4, -0.2) is 191 Å². The van der Waals surface area contributed by atoms with Gasteiger partial charge in [-0.3, -0.25) is 4.79 Å². The Morgan fingerprint density at radius 2 is 1.61 bits per heavy atom. The van der Waals surface area contributed by atoms with Crippen LogP contribution in [0.4, 0.5) is 0 Å². The standard InChI is InChI=1S/C25H45NO18/c1-3-40-11(5-25(39)4-9(30)13(26-8(2)29)22(44-25)14(32)10(31)6-27)20-16(34)15(33)19(37)24(42-20)43-21-12(7-28)41-23(38)18(36)17(21)35/h9-24,27-28,30-39H,3-7H2,1-2H3,(H,26,29)/t9-,10+,11?,12+,13+,14+,15-,16+,17+,18+,19+,20+,21+,22+,23-,24-,25-/m0/s1. The number of aliphatic hydroxyl groups is 12. The normalized spacial score (nSPS) is 45.4. The van der Waals surface area contributed by atoms with Crippen molar-refractivity contribution in [2.24, 2.45) is 0 Å². The molecule has 3 saturated heterocycles. The van der Waals surface area contributed by atoms with Crippen molar-refractivity contribution >= 4 is 5.91 Å². The molecule has 1 unspecified atom stereocenters. The first kappa shape index (κ1) is 37.2. The molecule has 0 aromatic rings. The SMILES string of the molecule is CCOC(C[C@]1(O)C[C@H](O)[C@@H](NC(C)=O)[C@H]([C@H](O)[C@H](O)CO)O1)[C@H]1O[C@@H](O[C@H]2[C@H](O)[C@@H](O)[C@@H](O)O[C@@H]2CO)[C@H](O)[C@@H](O)[C@H]1O. The van der Waals surface area contributed by atoms with Crippen molar-refractivity contribution in [2.75, 3.05) is 19.8 Å². The number of aliphatic hydroxyl groups excluding tert-OH is 11. The monoisotopic (exact) mass is 647 g/mol. The lowest BCUT2D eigenvalue weighted by Crippen LogP contribution is -2.67. The fourth-order valence-corrected chi connectivity index (χ4v) is 5.68. The lowest BCUT2D eigenvalue weighted by Gasteiger charge is -2.49. The second-order valence-corrected chi connectivity index (χ2v) is 11.2. The summed E-state index contributed by atoms with van der Waals surface area (Å²) in [4.78, 5) is 11.7. The van der Waals surface area contributed by atoms with E-state index in [9.17, 15) is 66.1 Å². The maximum Gasteiger partial charge on any atom is 0.217 e. The number of rotatable bonds is 12. The van der Waals surface area contributed by atoms with E-state index in [-0.39, 0.29) is 6.61 Å². The van der Waals surface area contributed by atoms with E-state index in [2.05, 4.69) is 5.32 Å². The Kier molecular flexibility index (Phi) is 13.2. The third-order valence-corrected chi connectivity index (χ3v) is 7.94. The molecule has 3 aliphatic rings. The largest absolute Gasteiger partial charge is 0.394 e. The van der Waals surface area contributed by atoms with E-state index >= 15 is 0 Å². The Balaban J connectivity index is 1.86. The van der Waals surface area contributed by atoms with Crippen molar-refractivity contribution in [3.8, 4) is 0 Å². The molecular weight excluding hydrogens is 602 g/mol. The van der Waals surface area contributed by atoms with E-state index in [1.54, 1.807) is 0 Å². The summed E-state index contributed by atoms with van der Waals surface area (Å²) in [5, 5.41) is 126. The van der Waals surface area contributed by atoms with E-state index in [1.807, 2.05) is 0 Å². The molecule has 3 aliphatic heterocycles. The first-order chi connectivity index (χ1) is 20.6. The van der Waals surface area contributed by atoms with Crippen LogP contribution in [-0.2, 0) is 28.5 Å². The minimum atomic E-state index is -2.40. The molecule has 13 N–H and O–H groups in total. The van der Waals surface area contributed by atoms with Gasteiger partial charge in [-0.05, 0) is 6.92 Å². The smallest absolute Gasteiger partial charge is 0.217 e. The molecule has 0 bridgehead atoms. The van der Waals surface area contributed by atoms with E-state index in [1.165, 1.54) is 6.92 Å². The van der Waals surface area contributed by atoms with Crippen LogP contribution in [0.15, 0.2) is 0 Å². The Hall–Kier alpha value is -1.21. The zero-order valence-corrected chi connectivity index (χ0v) is 24.1. The molecule has 3 fully saturated rings. The van der Waals surface area contributed by atoms with Gasteiger partial charge >= 0.3 is 0 Å². The van der Waals surface area contributed by atoms with Crippen LogP contribution < -0.4 is 5.32 Å². The van der Waals surface area contributed by atoms with Gasteiger partial charge in [-0.1, -0.05) is 0 Å². The lowest BCUT2D eigenvalue weighted by molar-refractivity contribution is -0.365. The van der Waals surface area contributed by atoms with E-state index < -0.39 is 136 Å². The van der Waals surface area contributed by atoms with Crippen molar-refractivity contribution in [3.05, 3.63) is 0 Å². The lowest BCUT2D eigenvalue weighted by atomic mass is 9.85. The average molecular weight is 648 g/mol. The molecule has 3 rings (SSSR count). The summed E-state index contributed by atoms with van der Waals surface area (Å²) in [6.07, 6.45) is -27.6. The van der Waals surface area contributed by atoms with Crippen molar-refractivity contribution in [1.82, 2.24) is 5.32 Å². The predicted octanol–water partition coefficient (Wildman–Crippen LogP) is -7.54. The van der Waals surface area contributed by atoms with Crippen LogP contribution in [0.1, 0.15) is 26.7 Å². The first-order valence-corrected chi connectivity index (χ1v) is 14.2. The Labute approximate surface area is 251 Å². The zero-order valence-electron chi connectivity index (χ0n) is 24.1. The highest BCUT2D eigenvalue weighted by molar-refractivity contribution is 5.73. The zero-order chi connectivity index (χ0) is 33.1. The molecule has 19 heteroatoms. The molecular formula is C25H45NO18. The third kappa shape index (κ3) is 8.19. The number of carbonyl (C=O) groups excluding carboxylic acids is 1. The fraction of sp³-hybridized carbons (Fsp3) is 0.960. The second kappa shape index (κ2) is 15.6. The topological polar surface area (TPSA) is 318 Å². The molecule has 258 valence electrons. The van der Waals surface area contributed by atoms with Crippen LogP contribution in [0.5, 0.6) is 0 Å². The van der Waals surface area contributed by atoms with Crippen molar-refractivity contribution < 1.29 is 89.8 Å². The summed E-state index contributed by atoms with van der Waals surface area (Å²) in [5.41, 5.74) is 0. The molecule has 0 saturated carbocycles. The molecule has 19 nitrogen and oxygen atoms in total. The Morgan fingerprint density at radius 3 is 2.18 bits per heavy atom. The highest BCUT2D eigenvalue weighted by Gasteiger charge is 2.55. The summed E-state index contributed by atoms with van der Waals surface area (Å²) in [7, 11) is 0. The van der Waals surface area contributed by atoms with Crippen molar-refractivity contribution in [3.63, 3.8) is 0 Å². The van der Waals surface area contributed by atoms with Gasteiger partial charge < -0.3 is 90.3 Å².